The van der Waals surface area contributed by atoms with Gasteiger partial charge in [0.05, 0.1) is 25.1 Å². The summed E-state index contributed by atoms with van der Waals surface area (Å²) in [5.74, 6) is 1.42. The maximum atomic E-state index is 5.86. The van der Waals surface area contributed by atoms with E-state index in [0.717, 1.165) is 30.3 Å². The van der Waals surface area contributed by atoms with Crippen molar-refractivity contribution in [1.82, 2.24) is 0 Å². The van der Waals surface area contributed by atoms with Gasteiger partial charge in [-0.05, 0) is 25.7 Å². The van der Waals surface area contributed by atoms with Crippen LogP contribution in [-0.2, 0) is 5.41 Å². The number of rotatable bonds is 3. The van der Waals surface area contributed by atoms with Gasteiger partial charge >= 0.3 is 0 Å². The van der Waals surface area contributed by atoms with Gasteiger partial charge in [-0.25, -0.2) is 0 Å². The van der Waals surface area contributed by atoms with Gasteiger partial charge in [0.2, 0.25) is 0 Å². The van der Waals surface area contributed by atoms with E-state index in [0.29, 0.717) is 5.95 Å². The Labute approximate surface area is 115 Å². The van der Waals surface area contributed by atoms with Crippen LogP contribution in [0.5, 0.6) is 11.7 Å². The second-order valence-corrected chi connectivity index (χ2v) is 6.39. The molecule has 0 radical (unpaired) electrons. The molecule has 0 amide bonds. The van der Waals surface area contributed by atoms with Crippen LogP contribution < -0.4 is 9.47 Å². The average Bonchev–Trinajstić information content (AvgIpc) is 2.82. The van der Waals surface area contributed by atoms with Crippen LogP contribution >= 0.6 is 8.19 Å². The van der Waals surface area contributed by atoms with Gasteiger partial charge < -0.3 is 13.9 Å². The summed E-state index contributed by atoms with van der Waals surface area (Å²) in [6.45, 7) is 6.47. The minimum absolute atomic E-state index is 0.0106. The lowest BCUT2D eigenvalue weighted by Crippen LogP contribution is -2.09. The van der Waals surface area contributed by atoms with Gasteiger partial charge in [0.1, 0.15) is 5.75 Å². The van der Waals surface area contributed by atoms with Crippen molar-refractivity contribution in [2.45, 2.75) is 26.2 Å². The molecule has 2 aromatic rings. The number of benzene rings is 1. The van der Waals surface area contributed by atoms with Crippen LogP contribution in [0.4, 0.5) is 0 Å². The molecule has 0 saturated heterocycles. The Morgan fingerprint density at radius 2 is 1.74 bits per heavy atom. The Morgan fingerprint density at radius 1 is 1.05 bits per heavy atom. The summed E-state index contributed by atoms with van der Waals surface area (Å²) in [5, 5.41) is 1.15. The zero-order chi connectivity index (χ0) is 14.0. The number of methoxy groups -OCH3 is 2. The molecule has 2 rings (SSSR count). The number of ether oxygens (including phenoxy) is 2. The molecule has 0 bridgehead atoms. The first kappa shape index (κ1) is 14.0. The summed E-state index contributed by atoms with van der Waals surface area (Å²) in [6.07, 6.45) is 0. The van der Waals surface area contributed by atoms with Gasteiger partial charge in [0.15, 0.2) is 5.49 Å². The molecule has 0 atom stereocenters. The van der Waals surface area contributed by atoms with Crippen LogP contribution in [0.25, 0.3) is 11.1 Å². The molecule has 102 valence electrons. The van der Waals surface area contributed by atoms with E-state index in [2.05, 4.69) is 20.8 Å². The lowest BCUT2D eigenvalue weighted by atomic mass is 9.95. The van der Waals surface area contributed by atoms with Crippen molar-refractivity contribution in [1.29, 1.82) is 0 Å². The highest BCUT2D eigenvalue weighted by Crippen LogP contribution is 2.47. The molecular formula is C15H19O3P. The molecule has 1 aromatic carbocycles. The lowest BCUT2D eigenvalue weighted by Gasteiger charge is -2.15. The number of para-hydroxylation sites is 1. The Bertz CT molecular complexity index is 567. The van der Waals surface area contributed by atoms with Gasteiger partial charge in [0, 0.05) is 0 Å². The summed E-state index contributed by atoms with van der Waals surface area (Å²) < 4.78 is 16.6. The molecule has 0 unspecified atom stereocenters. The van der Waals surface area contributed by atoms with Crippen LogP contribution in [0.15, 0.2) is 28.7 Å². The molecule has 4 heteroatoms. The molecule has 0 saturated carbocycles. The fraction of sp³-hybridized carbons (Fsp3) is 0.400. The predicted molar refractivity (Wildman–Crippen MR) is 78.5 cm³/mol. The maximum Gasteiger partial charge on any atom is 0.293 e. The van der Waals surface area contributed by atoms with E-state index in [9.17, 15) is 0 Å². The summed E-state index contributed by atoms with van der Waals surface area (Å²) >= 11 is 0. The Hall–Kier alpha value is -1.47. The third-order valence-corrected chi connectivity index (χ3v) is 4.44. The third-order valence-electron chi connectivity index (χ3n) is 2.83. The molecular weight excluding hydrogens is 259 g/mol. The molecule has 0 aliphatic rings. The normalized spacial score (nSPS) is 11.8. The van der Waals surface area contributed by atoms with Crippen LogP contribution in [0.2, 0.25) is 0 Å². The molecule has 3 nitrogen and oxygen atoms in total. The molecule has 0 N–H and O–H groups in total. The summed E-state index contributed by atoms with van der Waals surface area (Å²) in [4.78, 5) is 0. The summed E-state index contributed by atoms with van der Waals surface area (Å²) in [7, 11) is 4.35. The van der Waals surface area contributed by atoms with Crippen LogP contribution in [0, 0.1) is 0 Å². The van der Waals surface area contributed by atoms with E-state index in [1.807, 2.05) is 24.3 Å². The first-order valence-corrected chi connectivity index (χ1v) is 7.05. The topological polar surface area (TPSA) is 31.6 Å². The fourth-order valence-electron chi connectivity index (χ4n) is 1.85. The highest BCUT2D eigenvalue weighted by atomic mass is 31.0. The van der Waals surface area contributed by atoms with Crippen molar-refractivity contribution in [3.63, 3.8) is 0 Å². The summed E-state index contributed by atoms with van der Waals surface area (Å²) in [5.41, 5.74) is 1.84. The van der Waals surface area contributed by atoms with Crippen molar-refractivity contribution in [2.75, 3.05) is 14.2 Å². The molecule has 1 aromatic heterocycles. The molecule has 19 heavy (non-hydrogen) atoms. The van der Waals surface area contributed by atoms with E-state index < -0.39 is 0 Å². The van der Waals surface area contributed by atoms with E-state index in [1.54, 1.807) is 14.2 Å². The van der Waals surface area contributed by atoms with Gasteiger partial charge in [-0.15, -0.1) is 0 Å². The van der Waals surface area contributed by atoms with Crippen LogP contribution in [0.1, 0.15) is 26.1 Å². The minimum atomic E-state index is 0.0106. The van der Waals surface area contributed by atoms with Gasteiger partial charge in [-0.1, -0.05) is 32.9 Å². The van der Waals surface area contributed by atoms with E-state index in [1.165, 1.54) is 0 Å². The van der Waals surface area contributed by atoms with Crippen molar-refractivity contribution in [2.24, 2.45) is 0 Å². The van der Waals surface area contributed by atoms with Gasteiger partial charge in [0.25, 0.3) is 5.95 Å². The Morgan fingerprint density at radius 3 is 2.26 bits per heavy atom. The van der Waals surface area contributed by atoms with Crippen molar-refractivity contribution >= 4 is 8.19 Å². The first-order chi connectivity index (χ1) is 8.97. The second kappa shape index (κ2) is 5.26. The van der Waals surface area contributed by atoms with Crippen LogP contribution in [-0.4, -0.2) is 14.2 Å². The van der Waals surface area contributed by atoms with Crippen molar-refractivity contribution < 1.29 is 13.9 Å². The minimum Gasteiger partial charge on any atom is -0.496 e. The van der Waals surface area contributed by atoms with E-state index >= 15 is 0 Å². The molecule has 0 fully saturated rings. The predicted octanol–water partition coefficient (Wildman–Crippen LogP) is 4.84. The number of hydrogen-bond acceptors (Lipinski definition) is 3. The highest BCUT2D eigenvalue weighted by Gasteiger charge is 2.25. The van der Waals surface area contributed by atoms with E-state index in [4.69, 9.17) is 13.9 Å². The fourth-order valence-corrected chi connectivity index (χ4v) is 3.06. The monoisotopic (exact) mass is 278 g/mol. The SMILES string of the molecule is COc1ccccc1-c1oc(OC)c(C(C)(C)C)p1. The zero-order valence-corrected chi connectivity index (χ0v) is 12.9. The summed E-state index contributed by atoms with van der Waals surface area (Å²) in [6, 6.07) is 7.86. The van der Waals surface area contributed by atoms with Gasteiger partial charge in [-0.2, -0.15) is 0 Å². The lowest BCUT2D eigenvalue weighted by molar-refractivity contribution is 0.297. The Balaban J connectivity index is 2.55. The van der Waals surface area contributed by atoms with Gasteiger partial charge in [-0.3, -0.25) is 0 Å². The quantitative estimate of drug-likeness (QED) is 0.805. The molecule has 0 aliphatic carbocycles. The largest absolute Gasteiger partial charge is 0.496 e. The molecule has 0 spiro atoms. The smallest absolute Gasteiger partial charge is 0.293 e. The standard InChI is InChI=1S/C15H19O3P/c1-15(2,3)12-13(17-5)18-14(19-12)10-8-6-7-9-11(10)16-4/h6-9H,1-5H3. The highest BCUT2D eigenvalue weighted by molar-refractivity contribution is 7.34. The number of hydrogen-bond donors (Lipinski definition) is 0. The van der Waals surface area contributed by atoms with Crippen LogP contribution in [0.3, 0.4) is 0 Å². The zero-order valence-electron chi connectivity index (χ0n) is 12.0. The first-order valence-electron chi connectivity index (χ1n) is 6.16. The van der Waals surface area contributed by atoms with Crippen molar-refractivity contribution in [3.8, 4) is 22.8 Å². The molecule has 0 aliphatic heterocycles. The Kier molecular flexibility index (Phi) is 3.86. The molecule has 1 heterocycles. The van der Waals surface area contributed by atoms with E-state index in [-0.39, 0.29) is 5.41 Å². The average molecular weight is 278 g/mol. The third kappa shape index (κ3) is 2.76. The second-order valence-electron chi connectivity index (χ2n) is 5.31. The maximum absolute atomic E-state index is 5.86. The van der Waals surface area contributed by atoms with Crippen molar-refractivity contribution in [3.05, 3.63) is 29.6 Å².